The third-order valence-electron chi connectivity index (χ3n) is 5.50. The Morgan fingerprint density at radius 2 is 2.03 bits per heavy atom. The van der Waals surface area contributed by atoms with Crippen molar-refractivity contribution in [2.75, 3.05) is 20.3 Å². The van der Waals surface area contributed by atoms with E-state index in [0.29, 0.717) is 28.7 Å². The second-order valence-electron chi connectivity index (χ2n) is 7.86. The highest BCUT2D eigenvalue weighted by Crippen LogP contribution is 2.45. The van der Waals surface area contributed by atoms with E-state index in [4.69, 9.17) is 9.47 Å². The maximum absolute atomic E-state index is 15.0. The number of benzene rings is 1. The van der Waals surface area contributed by atoms with Gasteiger partial charge in [-0.3, -0.25) is 9.78 Å². The van der Waals surface area contributed by atoms with Crippen LogP contribution >= 0.6 is 11.8 Å². The van der Waals surface area contributed by atoms with Gasteiger partial charge in [-0.2, -0.15) is 0 Å². The van der Waals surface area contributed by atoms with E-state index in [1.165, 1.54) is 24.9 Å². The van der Waals surface area contributed by atoms with Crippen molar-refractivity contribution in [3.05, 3.63) is 88.1 Å². The number of nitrogens with zero attached hydrogens (tertiary/aromatic N) is 3. The lowest BCUT2D eigenvalue weighted by atomic mass is 9.93. The van der Waals surface area contributed by atoms with Crippen molar-refractivity contribution in [3.63, 3.8) is 0 Å². The molecule has 0 bridgehead atoms. The van der Waals surface area contributed by atoms with E-state index in [9.17, 15) is 9.59 Å². The lowest BCUT2D eigenvalue weighted by Gasteiger charge is -2.36. The van der Waals surface area contributed by atoms with Gasteiger partial charge in [0.15, 0.2) is 5.17 Å². The molecule has 0 saturated carbocycles. The summed E-state index contributed by atoms with van der Waals surface area (Å²) in [6.07, 6.45) is 3.38. The quantitative estimate of drug-likeness (QED) is 0.418. The number of allylic oxidation sites excluding steroid dienone is 1. The summed E-state index contributed by atoms with van der Waals surface area (Å²) in [5, 5.41) is 5.25. The van der Waals surface area contributed by atoms with Crippen molar-refractivity contribution >= 4 is 28.8 Å². The minimum absolute atomic E-state index is 0.0300. The fourth-order valence-electron chi connectivity index (χ4n) is 3.85. The molecule has 1 N–H and O–H groups in total. The molecule has 0 fully saturated rings. The molecule has 8 nitrogen and oxygen atoms in total. The van der Waals surface area contributed by atoms with Gasteiger partial charge in [-0.05, 0) is 30.0 Å². The standard InChI is InChI=1S/C25H25FN4O4S/c1-16-22(24(32)34-11-10-33-2)23(19-7-3-4-8-20(19)26)30-18(15-35-25(30)29-16)12-21(31)28-14-17-6-5-9-27-13-17/h3-9,13,15,23H,10-12,14H2,1-2H3,(H,28,31). The normalized spacial score (nSPS) is 17.0. The second-order valence-corrected chi connectivity index (χ2v) is 8.69. The number of amidine groups is 1. The van der Waals surface area contributed by atoms with Crippen LogP contribution in [-0.4, -0.2) is 47.3 Å². The largest absolute Gasteiger partial charge is 0.460 e. The maximum Gasteiger partial charge on any atom is 0.338 e. The molecule has 1 atom stereocenters. The number of ether oxygens (including phenoxy) is 2. The number of esters is 1. The maximum atomic E-state index is 15.0. The van der Waals surface area contributed by atoms with Gasteiger partial charge in [0.1, 0.15) is 12.4 Å². The molecule has 0 radical (unpaired) electrons. The van der Waals surface area contributed by atoms with E-state index in [1.807, 2.05) is 11.5 Å². The molecule has 1 unspecified atom stereocenters. The highest BCUT2D eigenvalue weighted by molar-refractivity contribution is 8.16. The molecule has 2 aromatic rings. The number of hydrogen-bond donors (Lipinski definition) is 1. The van der Waals surface area contributed by atoms with Crippen molar-refractivity contribution in [1.29, 1.82) is 0 Å². The topological polar surface area (TPSA) is 93.1 Å². The van der Waals surface area contributed by atoms with Crippen LogP contribution in [0.3, 0.4) is 0 Å². The van der Waals surface area contributed by atoms with Crippen molar-refractivity contribution in [2.24, 2.45) is 4.99 Å². The number of pyridine rings is 1. The highest BCUT2D eigenvalue weighted by atomic mass is 32.2. The average molecular weight is 497 g/mol. The van der Waals surface area contributed by atoms with E-state index < -0.39 is 17.8 Å². The minimum atomic E-state index is -0.828. The lowest BCUT2D eigenvalue weighted by molar-refractivity contribution is -0.141. The number of nitrogens with one attached hydrogen (secondary N) is 1. The summed E-state index contributed by atoms with van der Waals surface area (Å²) >= 11 is 1.33. The van der Waals surface area contributed by atoms with Gasteiger partial charge in [0.25, 0.3) is 0 Å². The summed E-state index contributed by atoms with van der Waals surface area (Å²) in [5.41, 5.74) is 2.44. The lowest BCUT2D eigenvalue weighted by Crippen LogP contribution is -2.38. The molecule has 35 heavy (non-hydrogen) atoms. The van der Waals surface area contributed by atoms with Crippen LogP contribution in [0.25, 0.3) is 0 Å². The Bertz CT molecular complexity index is 1200. The number of halogens is 1. The molecule has 1 amide bonds. The summed E-state index contributed by atoms with van der Waals surface area (Å²) in [5.74, 6) is -1.29. The zero-order valence-corrected chi connectivity index (χ0v) is 20.2. The fourth-order valence-corrected chi connectivity index (χ4v) is 4.81. The Morgan fingerprint density at radius 1 is 1.20 bits per heavy atom. The molecule has 0 aliphatic carbocycles. The molecule has 0 spiro atoms. The number of aromatic nitrogens is 1. The van der Waals surface area contributed by atoms with Crippen molar-refractivity contribution in [2.45, 2.75) is 25.9 Å². The number of carbonyl (C=O) groups excluding carboxylic acids is 2. The first-order chi connectivity index (χ1) is 17.0. The summed E-state index contributed by atoms with van der Waals surface area (Å²) in [7, 11) is 1.51. The van der Waals surface area contributed by atoms with Crippen LogP contribution in [-0.2, 0) is 25.6 Å². The predicted octanol–water partition coefficient (Wildman–Crippen LogP) is 3.69. The van der Waals surface area contributed by atoms with Gasteiger partial charge >= 0.3 is 5.97 Å². The molecular weight excluding hydrogens is 471 g/mol. The summed E-state index contributed by atoms with van der Waals surface area (Å²) in [6, 6.07) is 9.11. The molecular formula is C25H25FN4O4S. The summed E-state index contributed by atoms with van der Waals surface area (Å²) in [6.45, 7) is 2.32. The molecule has 1 aromatic heterocycles. The number of rotatable bonds is 9. The van der Waals surface area contributed by atoms with Crippen LogP contribution in [0.5, 0.6) is 0 Å². The number of carbonyl (C=O) groups is 2. The Kier molecular flexibility index (Phi) is 7.94. The van der Waals surface area contributed by atoms with Crippen molar-refractivity contribution in [1.82, 2.24) is 15.2 Å². The number of hydrogen-bond acceptors (Lipinski definition) is 8. The van der Waals surface area contributed by atoms with E-state index in [0.717, 1.165) is 5.56 Å². The van der Waals surface area contributed by atoms with Crippen LogP contribution < -0.4 is 5.32 Å². The molecule has 4 rings (SSSR count). The number of amides is 1. The van der Waals surface area contributed by atoms with Crippen LogP contribution in [0, 0.1) is 5.82 Å². The van der Waals surface area contributed by atoms with Crippen LogP contribution in [0.1, 0.15) is 30.5 Å². The predicted molar refractivity (Wildman–Crippen MR) is 130 cm³/mol. The van der Waals surface area contributed by atoms with E-state index in [2.05, 4.69) is 15.3 Å². The van der Waals surface area contributed by atoms with Crippen LogP contribution in [0.2, 0.25) is 0 Å². The molecule has 182 valence electrons. The smallest absolute Gasteiger partial charge is 0.338 e. The number of thioether (sulfide) groups is 1. The fraction of sp³-hybridized carbons (Fsp3) is 0.280. The zero-order valence-electron chi connectivity index (χ0n) is 19.4. The average Bonchev–Trinajstić information content (AvgIpc) is 3.25. The highest BCUT2D eigenvalue weighted by Gasteiger charge is 2.42. The zero-order chi connectivity index (χ0) is 24.8. The third kappa shape index (κ3) is 5.60. The van der Waals surface area contributed by atoms with Crippen LogP contribution in [0.15, 0.2) is 76.2 Å². The van der Waals surface area contributed by atoms with E-state index >= 15 is 4.39 Å². The first kappa shape index (κ1) is 24.6. The Labute approximate surface area is 206 Å². The molecule has 2 aliphatic rings. The number of aliphatic imine (C=N–C) groups is 1. The summed E-state index contributed by atoms with van der Waals surface area (Å²) < 4.78 is 25.4. The first-order valence-electron chi connectivity index (χ1n) is 11.0. The van der Waals surface area contributed by atoms with Gasteiger partial charge < -0.3 is 19.7 Å². The van der Waals surface area contributed by atoms with Crippen molar-refractivity contribution < 1.29 is 23.5 Å². The van der Waals surface area contributed by atoms with Gasteiger partial charge in [0.05, 0.1) is 30.3 Å². The molecule has 2 aliphatic heterocycles. The molecule has 0 saturated heterocycles. The molecule has 1 aromatic carbocycles. The monoisotopic (exact) mass is 496 g/mol. The minimum Gasteiger partial charge on any atom is -0.460 e. The Hall–Kier alpha value is -3.50. The van der Waals surface area contributed by atoms with Gasteiger partial charge in [-0.25, -0.2) is 14.2 Å². The van der Waals surface area contributed by atoms with E-state index in [-0.39, 0.29) is 31.1 Å². The Morgan fingerprint density at radius 3 is 2.77 bits per heavy atom. The van der Waals surface area contributed by atoms with Crippen molar-refractivity contribution in [3.8, 4) is 0 Å². The van der Waals surface area contributed by atoms with Crippen LogP contribution in [0.4, 0.5) is 4.39 Å². The summed E-state index contributed by atoms with van der Waals surface area (Å²) in [4.78, 5) is 36.2. The van der Waals surface area contributed by atoms with E-state index in [1.54, 1.807) is 48.5 Å². The number of fused-ring (bicyclic) bond motifs is 1. The number of methoxy groups -OCH3 is 1. The van der Waals surface area contributed by atoms with Gasteiger partial charge in [0, 0.05) is 37.3 Å². The first-order valence-corrected chi connectivity index (χ1v) is 11.9. The molecule has 3 heterocycles. The SMILES string of the molecule is COCCOC(=O)C1=C(C)N=C2SC=C(CC(=O)NCc3cccnc3)N2C1c1ccccc1F. The van der Waals surface area contributed by atoms with Gasteiger partial charge in [0.2, 0.25) is 5.91 Å². The second kappa shape index (κ2) is 11.3. The van der Waals surface area contributed by atoms with Gasteiger partial charge in [-0.1, -0.05) is 36.0 Å². The molecule has 10 heteroatoms. The Balaban J connectivity index is 1.60. The van der Waals surface area contributed by atoms with Gasteiger partial charge in [-0.15, -0.1) is 0 Å². The third-order valence-corrected chi connectivity index (χ3v) is 6.38.